The van der Waals surface area contributed by atoms with Gasteiger partial charge in [0, 0.05) is 16.0 Å². The van der Waals surface area contributed by atoms with Crippen molar-refractivity contribution in [3.63, 3.8) is 0 Å². The summed E-state index contributed by atoms with van der Waals surface area (Å²) in [6.45, 7) is 4.01. The van der Waals surface area contributed by atoms with Crippen molar-refractivity contribution in [1.29, 1.82) is 0 Å². The van der Waals surface area contributed by atoms with Crippen LogP contribution in [0.2, 0.25) is 0 Å². The van der Waals surface area contributed by atoms with Gasteiger partial charge in [-0.15, -0.1) is 23.7 Å². The molecule has 2 aromatic heterocycles. The SMILES string of the molecule is Cc1ccc(-c2c(CC(=O)O)c(C)nc3sc4c(c23)CCCC4)cc1.Cl. The molecule has 26 heavy (non-hydrogen) atoms. The quantitative estimate of drug-likeness (QED) is 0.644. The van der Waals surface area contributed by atoms with Gasteiger partial charge in [-0.2, -0.15) is 0 Å². The van der Waals surface area contributed by atoms with Crippen LogP contribution < -0.4 is 0 Å². The Labute approximate surface area is 163 Å². The van der Waals surface area contributed by atoms with Crippen LogP contribution in [0.1, 0.15) is 40.1 Å². The van der Waals surface area contributed by atoms with E-state index in [1.807, 2.05) is 6.92 Å². The molecule has 5 heteroatoms. The zero-order valence-corrected chi connectivity index (χ0v) is 16.6. The van der Waals surface area contributed by atoms with Gasteiger partial charge >= 0.3 is 5.97 Å². The van der Waals surface area contributed by atoms with Crippen molar-refractivity contribution in [2.75, 3.05) is 0 Å². The zero-order valence-electron chi connectivity index (χ0n) is 15.0. The smallest absolute Gasteiger partial charge is 0.307 e. The highest BCUT2D eigenvalue weighted by Gasteiger charge is 2.24. The molecule has 0 fully saturated rings. The van der Waals surface area contributed by atoms with Crippen molar-refractivity contribution in [2.45, 2.75) is 46.0 Å². The Morgan fingerprint density at radius 2 is 1.85 bits per heavy atom. The number of pyridine rings is 1. The number of aliphatic carboxylic acids is 1. The van der Waals surface area contributed by atoms with Crippen molar-refractivity contribution in [1.82, 2.24) is 4.98 Å². The van der Waals surface area contributed by atoms with E-state index in [4.69, 9.17) is 4.98 Å². The number of rotatable bonds is 3. The van der Waals surface area contributed by atoms with Crippen molar-refractivity contribution < 1.29 is 9.90 Å². The number of carboxylic acid groups (broad SMARTS) is 1. The number of aryl methyl sites for hydroxylation is 4. The molecule has 0 atom stereocenters. The molecule has 0 spiro atoms. The highest BCUT2D eigenvalue weighted by atomic mass is 35.5. The maximum Gasteiger partial charge on any atom is 0.307 e. The molecule has 1 aliphatic carbocycles. The summed E-state index contributed by atoms with van der Waals surface area (Å²) in [6.07, 6.45) is 4.65. The third kappa shape index (κ3) is 3.24. The molecule has 0 unspecified atom stereocenters. The van der Waals surface area contributed by atoms with E-state index in [9.17, 15) is 9.90 Å². The summed E-state index contributed by atoms with van der Waals surface area (Å²) in [5.41, 5.74) is 6.49. The fourth-order valence-corrected chi connectivity index (χ4v) is 5.16. The van der Waals surface area contributed by atoms with Gasteiger partial charge in [0.1, 0.15) is 4.83 Å². The minimum Gasteiger partial charge on any atom is -0.481 e. The van der Waals surface area contributed by atoms with Crippen LogP contribution in [0.3, 0.4) is 0 Å². The topological polar surface area (TPSA) is 50.2 Å². The molecule has 1 N–H and O–H groups in total. The zero-order chi connectivity index (χ0) is 17.6. The predicted octanol–water partition coefficient (Wildman–Crippen LogP) is 5.51. The number of fused-ring (bicyclic) bond motifs is 3. The molecule has 2 heterocycles. The summed E-state index contributed by atoms with van der Waals surface area (Å²) in [4.78, 5) is 18.8. The number of aromatic nitrogens is 1. The minimum atomic E-state index is -0.804. The highest BCUT2D eigenvalue weighted by Crippen LogP contribution is 2.43. The molecule has 1 aliphatic rings. The van der Waals surface area contributed by atoms with Crippen LogP contribution in [0, 0.1) is 13.8 Å². The lowest BCUT2D eigenvalue weighted by molar-refractivity contribution is -0.136. The van der Waals surface area contributed by atoms with Gasteiger partial charge in [-0.3, -0.25) is 4.79 Å². The first-order valence-corrected chi connectivity index (χ1v) is 9.59. The second-order valence-corrected chi connectivity index (χ2v) is 7.96. The van der Waals surface area contributed by atoms with Crippen LogP contribution in [0.4, 0.5) is 0 Å². The molecule has 1 aromatic carbocycles. The number of carboxylic acids is 1. The molecule has 0 radical (unpaired) electrons. The minimum absolute atomic E-state index is 0. The van der Waals surface area contributed by atoms with Crippen molar-refractivity contribution in [3.8, 4) is 11.1 Å². The summed E-state index contributed by atoms with van der Waals surface area (Å²) < 4.78 is 0. The average Bonchev–Trinajstić information content (AvgIpc) is 2.94. The van der Waals surface area contributed by atoms with E-state index in [0.29, 0.717) is 0 Å². The van der Waals surface area contributed by atoms with Crippen LogP contribution in [-0.4, -0.2) is 16.1 Å². The number of nitrogens with zero attached hydrogens (tertiary/aromatic N) is 1. The lowest BCUT2D eigenvalue weighted by Crippen LogP contribution is -2.07. The third-order valence-corrected chi connectivity index (χ3v) is 6.26. The fraction of sp³-hybridized carbons (Fsp3) is 0.333. The monoisotopic (exact) mass is 387 g/mol. The van der Waals surface area contributed by atoms with Crippen molar-refractivity contribution >= 4 is 39.9 Å². The number of hydrogen-bond acceptors (Lipinski definition) is 3. The fourth-order valence-electron chi connectivity index (χ4n) is 3.85. The Morgan fingerprint density at radius 1 is 1.15 bits per heavy atom. The summed E-state index contributed by atoms with van der Waals surface area (Å²) in [6, 6.07) is 8.42. The molecule has 4 rings (SSSR count). The van der Waals surface area contributed by atoms with Gasteiger partial charge in [-0.1, -0.05) is 29.8 Å². The molecule has 0 bridgehead atoms. The van der Waals surface area contributed by atoms with Crippen LogP contribution in [0.15, 0.2) is 24.3 Å². The molecular formula is C21H22ClNO2S. The number of halogens is 1. The first-order valence-electron chi connectivity index (χ1n) is 8.77. The lowest BCUT2D eigenvalue weighted by Gasteiger charge is -2.16. The van der Waals surface area contributed by atoms with E-state index >= 15 is 0 Å². The van der Waals surface area contributed by atoms with E-state index in [1.54, 1.807) is 11.3 Å². The first-order chi connectivity index (χ1) is 12.0. The Balaban J connectivity index is 0.00000196. The normalized spacial score (nSPS) is 13.3. The van der Waals surface area contributed by atoms with Crippen molar-refractivity contribution in [2.24, 2.45) is 0 Å². The Hall–Kier alpha value is -1.91. The molecule has 3 nitrogen and oxygen atoms in total. The van der Waals surface area contributed by atoms with E-state index < -0.39 is 5.97 Å². The van der Waals surface area contributed by atoms with Gasteiger partial charge in [-0.25, -0.2) is 4.98 Å². The first kappa shape index (κ1) is 18.9. The van der Waals surface area contributed by atoms with E-state index in [2.05, 4.69) is 31.2 Å². The highest BCUT2D eigenvalue weighted by molar-refractivity contribution is 7.19. The maximum atomic E-state index is 11.5. The summed E-state index contributed by atoms with van der Waals surface area (Å²) >= 11 is 1.79. The van der Waals surface area contributed by atoms with Crippen LogP contribution in [0.25, 0.3) is 21.3 Å². The Bertz CT molecular complexity index is 976. The maximum absolute atomic E-state index is 11.5. The Morgan fingerprint density at radius 3 is 2.54 bits per heavy atom. The largest absolute Gasteiger partial charge is 0.481 e. The van der Waals surface area contributed by atoms with E-state index in [1.165, 1.54) is 34.2 Å². The predicted molar refractivity (Wildman–Crippen MR) is 110 cm³/mol. The van der Waals surface area contributed by atoms with Gasteiger partial charge in [-0.05, 0) is 61.8 Å². The summed E-state index contributed by atoms with van der Waals surface area (Å²) in [5.74, 6) is -0.804. The Kier molecular flexibility index (Phi) is 5.35. The number of carbonyl (C=O) groups is 1. The summed E-state index contributed by atoms with van der Waals surface area (Å²) in [5, 5.41) is 10.6. The molecule has 0 saturated carbocycles. The van der Waals surface area contributed by atoms with Crippen molar-refractivity contribution in [3.05, 3.63) is 51.5 Å². The van der Waals surface area contributed by atoms with Crippen LogP contribution in [0.5, 0.6) is 0 Å². The third-order valence-electron chi connectivity index (χ3n) is 5.08. The number of thiophene rings is 1. The number of benzene rings is 1. The van der Waals surface area contributed by atoms with Gasteiger partial charge in [0.15, 0.2) is 0 Å². The summed E-state index contributed by atoms with van der Waals surface area (Å²) in [7, 11) is 0. The molecule has 0 saturated heterocycles. The van der Waals surface area contributed by atoms with Gasteiger partial charge in [0.2, 0.25) is 0 Å². The van der Waals surface area contributed by atoms with E-state index in [-0.39, 0.29) is 18.8 Å². The second kappa shape index (κ2) is 7.37. The van der Waals surface area contributed by atoms with Crippen LogP contribution >= 0.6 is 23.7 Å². The van der Waals surface area contributed by atoms with Gasteiger partial charge < -0.3 is 5.11 Å². The molecule has 3 aromatic rings. The van der Waals surface area contributed by atoms with E-state index in [0.717, 1.165) is 40.1 Å². The standard InChI is InChI=1S/C21H21NO2S.ClH/c1-12-7-9-14(10-8-12)19-16(11-18(23)24)13(2)22-21-20(19)15-5-3-4-6-17(15)25-21;/h7-10H,3-6,11H2,1-2H3,(H,23,24);1H. The lowest BCUT2D eigenvalue weighted by atomic mass is 9.89. The second-order valence-electron chi connectivity index (χ2n) is 6.88. The van der Waals surface area contributed by atoms with Crippen LogP contribution in [-0.2, 0) is 24.1 Å². The van der Waals surface area contributed by atoms with Gasteiger partial charge in [0.05, 0.1) is 6.42 Å². The number of hydrogen-bond donors (Lipinski definition) is 1. The molecule has 136 valence electrons. The molecule has 0 aliphatic heterocycles. The molecular weight excluding hydrogens is 366 g/mol. The van der Waals surface area contributed by atoms with Gasteiger partial charge in [0.25, 0.3) is 0 Å². The average molecular weight is 388 g/mol. The molecule has 0 amide bonds.